The molecule has 0 fully saturated rings. The van der Waals surface area contributed by atoms with Gasteiger partial charge in [0.15, 0.2) is 10.8 Å². The van der Waals surface area contributed by atoms with Gasteiger partial charge in [-0.2, -0.15) is 0 Å². The molecule has 0 saturated heterocycles. The molecule has 4 aromatic rings. The molecule has 0 aliphatic rings. The van der Waals surface area contributed by atoms with E-state index < -0.39 is 0 Å². The van der Waals surface area contributed by atoms with E-state index in [1.54, 1.807) is 29.7 Å². The molecule has 0 spiro atoms. The molecule has 0 saturated carbocycles. The molecular weight excluding hydrogens is 309 g/mol. The number of benzene rings is 2. The van der Waals surface area contributed by atoms with Gasteiger partial charge in [0.25, 0.3) is 0 Å². The third-order valence-corrected chi connectivity index (χ3v) is 4.43. The van der Waals surface area contributed by atoms with Crippen LogP contribution in [0.2, 0.25) is 0 Å². The fourth-order valence-electron chi connectivity index (χ4n) is 2.42. The van der Waals surface area contributed by atoms with E-state index in [1.807, 2.05) is 35.7 Å². The lowest BCUT2D eigenvalue weighted by molar-refractivity contribution is 0.582. The van der Waals surface area contributed by atoms with Crippen molar-refractivity contribution in [3.63, 3.8) is 0 Å². The highest BCUT2D eigenvalue weighted by Crippen LogP contribution is 2.31. The van der Waals surface area contributed by atoms with Gasteiger partial charge < -0.3 is 4.42 Å². The van der Waals surface area contributed by atoms with E-state index in [9.17, 15) is 4.39 Å². The lowest BCUT2D eigenvalue weighted by atomic mass is 10.0. The first-order valence-corrected chi connectivity index (χ1v) is 8.03. The highest BCUT2D eigenvalue weighted by Gasteiger charge is 2.09. The zero-order valence-electron chi connectivity index (χ0n) is 12.1. The van der Waals surface area contributed by atoms with Crippen LogP contribution in [0.15, 0.2) is 76.7 Å². The zero-order valence-corrected chi connectivity index (χ0v) is 12.9. The molecule has 0 aliphatic carbocycles. The minimum Gasteiger partial charge on any atom is -0.462 e. The van der Waals surface area contributed by atoms with Crippen molar-refractivity contribution in [2.75, 3.05) is 0 Å². The lowest BCUT2D eigenvalue weighted by Gasteiger charge is -2.04. The summed E-state index contributed by atoms with van der Waals surface area (Å²) in [7, 11) is 0. The topological polar surface area (TPSA) is 26.0 Å². The van der Waals surface area contributed by atoms with E-state index in [2.05, 4.69) is 11.1 Å². The molecule has 2 nitrogen and oxygen atoms in total. The summed E-state index contributed by atoms with van der Waals surface area (Å²) in [4.78, 5) is 4.64. The average molecular weight is 321 g/mol. The van der Waals surface area contributed by atoms with Crippen molar-refractivity contribution in [1.82, 2.24) is 4.98 Å². The van der Waals surface area contributed by atoms with Gasteiger partial charge in [-0.05, 0) is 41.5 Å². The SMILES string of the molecule is Fc1ccc(-c2cccc(-c3csc(-c4ccco4)n3)c2)cc1. The van der Waals surface area contributed by atoms with E-state index in [0.717, 1.165) is 33.2 Å². The summed E-state index contributed by atoms with van der Waals surface area (Å²) in [5.41, 5.74) is 3.95. The average Bonchev–Trinajstić information content (AvgIpc) is 3.27. The normalized spacial score (nSPS) is 10.8. The van der Waals surface area contributed by atoms with Crippen LogP contribution in [-0.2, 0) is 0 Å². The maximum absolute atomic E-state index is 13.1. The van der Waals surface area contributed by atoms with Gasteiger partial charge >= 0.3 is 0 Å². The molecule has 0 amide bonds. The van der Waals surface area contributed by atoms with Gasteiger partial charge in [0.05, 0.1) is 12.0 Å². The minimum absolute atomic E-state index is 0.229. The van der Waals surface area contributed by atoms with Gasteiger partial charge in [0.2, 0.25) is 0 Å². The number of furan rings is 1. The smallest absolute Gasteiger partial charge is 0.162 e. The van der Waals surface area contributed by atoms with E-state index in [0.29, 0.717) is 0 Å². The van der Waals surface area contributed by atoms with Crippen molar-refractivity contribution in [3.8, 4) is 33.2 Å². The molecule has 23 heavy (non-hydrogen) atoms. The van der Waals surface area contributed by atoms with E-state index >= 15 is 0 Å². The number of thiazole rings is 1. The van der Waals surface area contributed by atoms with Gasteiger partial charge in [0.1, 0.15) is 5.82 Å². The lowest BCUT2D eigenvalue weighted by Crippen LogP contribution is -1.82. The molecular formula is C19H12FNOS. The van der Waals surface area contributed by atoms with Crippen LogP contribution in [0, 0.1) is 5.82 Å². The molecule has 4 heteroatoms. The molecule has 0 N–H and O–H groups in total. The van der Waals surface area contributed by atoms with E-state index in [1.165, 1.54) is 12.1 Å². The fourth-order valence-corrected chi connectivity index (χ4v) is 3.22. The molecule has 0 radical (unpaired) electrons. The van der Waals surface area contributed by atoms with Crippen LogP contribution in [0.5, 0.6) is 0 Å². The Hall–Kier alpha value is -2.72. The largest absolute Gasteiger partial charge is 0.462 e. The Morgan fingerprint density at radius 2 is 1.70 bits per heavy atom. The zero-order chi connectivity index (χ0) is 15.6. The molecule has 0 bridgehead atoms. The van der Waals surface area contributed by atoms with Crippen molar-refractivity contribution in [1.29, 1.82) is 0 Å². The van der Waals surface area contributed by atoms with Gasteiger partial charge in [-0.1, -0.05) is 30.3 Å². The molecule has 2 heterocycles. The van der Waals surface area contributed by atoms with Crippen molar-refractivity contribution in [2.24, 2.45) is 0 Å². The first-order valence-electron chi connectivity index (χ1n) is 7.15. The van der Waals surface area contributed by atoms with Gasteiger partial charge in [-0.3, -0.25) is 0 Å². The molecule has 2 aromatic carbocycles. The summed E-state index contributed by atoms with van der Waals surface area (Å²) in [6, 6.07) is 18.3. The Labute approximate surface area is 136 Å². The minimum atomic E-state index is -0.229. The highest BCUT2D eigenvalue weighted by molar-refractivity contribution is 7.13. The van der Waals surface area contributed by atoms with E-state index in [-0.39, 0.29) is 5.82 Å². The third-order valence-electron chi connectivity index (χ3n) is 3.57. The molecule has 112 valence electrons. The number of aromatic nitrogens is 1. The predicted molar refractivity (Wildman–Crippen MR) is 90.6 cm³/mol. The van der Waals surface area contributed by atoms with Crippen LogP contribution in [-0.4, -0.2) is 4.98 Å². The van der Waals surface area contributed by atoms with Crippen molar-refractivity contribution < 1.29 is 8.81 Å². The van der Waals surface area contributed by atoms with Crippen molar-refractivity contribution in [2.45, 2.75) is 0 Å². The number of halogens is 1. The first-order chi connectivity index (χ1) is 11.3. The highest BCUT2D eigenvalue weighted by atomic mass is 32.1. The summed E-state index contributed by atoms with van der Waals surface area (Å²) >= 11 is 1.55. The Kier molecular flexibility index (Phi) is 3.52. The van der Waals surface area contributed by atoms with Crippen LogP contribution >= 0.6 is 11.3 Å². The first kappa shape index (κ1) is 13.9. The third kappa shape index (κ3) is 2.81. The second kappa shape index (κ2) is 5.82. The summed E-state index contributed by atoms with van der Waals surface area (Å²) in [6.45, 7) is 0. The molecule has 4 rings (SSSR count). The van der Waals surface area contributed by atoms with Crippen molar-refractivity contribution >= 4 is 11.3 Å². The summed E-state index contributed by atoms with van der Waals surface area (Å²) in [5, 5.41) is 2.87. The Morgan fingerprint density at radius 1 is 0.870 bits per heavy atom. The maximum atomic E-state index is 13.1. The second-order valence-corrected chi connectivity index (χ2v) is 5.96. The summed E-state index contributed by atoms with van der Waals surface area (Å²) in [6.07, 6.45) is 1.64. The van der Waals surface area contributed by atoms with Crippen LogP contribution in [0.3, 0.4) is 0 Å². The molecule has 0 atom stereocenters. The molecule has 2 aromatic heterocycles. The standard InChI is InChI=1S/C19H12FNOS/c20-16-8-6-13(7-9-16)14-3-1-4-15(11-14)17-12-23-19(21-17)18-5-2-10-22-18/h1-12H. The van der Waals surface area contributed by atoms with Crippen LogP contribution < -0.4 is 0 Å². The van der Waals surface area contributed by atoms with Crippen LogP contribution in [0.4, 0.5) is 4.39 Å². The van der Waals surface area contributed by atoms with Gasteiger partial charge in [-0.25, -0.2) is 9.37 Å². The fraction of sp³-hybridized carbons (Fsp3) is 0. The molecule has 0 unspecified atom stereocenters. The quantitative estimate of drug-likeness (QED) is 0.471. The van der Waals surface area contributed by atoms with Gasteiger partial charge in [-0.15, -0.1) is 11.3 Å². The Balaban J connectivity index is 1.70. The number of hydrogen-bond donors (Lipinski definition) is 0. The van der Waals surface area contributed by atoms with Crippen LogP contribution in [0.1, 0.15) is 0 Å². The monoisotopic (exact) mass is 321 g/mol. The van der Waals surface area contributed by atoms with Crippen molar-refractivity contribution in [3.05, 3.63) is 78.1 Å². The second-order valence-electron chi connectivity index (χ2n) is 5.10. The number of rotatable bonds is 3. The van der Waals surface area contributed by atoms with E-state index in [4.69, 9.17) is 4.42 Å². The number of hydrogen-bond acceptors (Lipinski definition) is 3. The van der Waals surface area contributed by atoms with Gasteiger partial charge in [0, 0.05) is 10.9 Å². The molecule has 0 aliphatic heterocycles. The Bertz CT molecular complexity index is 926. The van der Waals surface area contributed by atoms with Crippen LogP contribution in [0.25, 0.3) is 33.2 Å². The Morgan fingerprint density at radius 3 is 2.48 bits per heavy atom. The maximum Gasteiger partial charge on any atom is 0.162 e. The summed E-state index contributed by atoms with van der Waals surface area (Å²) < 4.78 is 18.5. The summed E-state index contributed by atoms with van der Waals surface area (Å²) in [5.74, 6) is 0.545. The predicted octanol–water partition coefficient (Wildman–Crippen LogP) is 5.88. The number of nitrogens with zero attached hydrogens (tertiary/aromatic N) is 1.